The molecule has 0 saturated carbocycles. The number of nitrogens with two attached hydrogens (primary N) is 1. The number of hydrogen-bond donors (Lipinski definition) is 2. The maximum absolute atomic E-state index is 12.5. The number of halogens is 1. The zero-order chi connectivity index (χ0) is 18.0. The molecule has 1 heterocycles. The molecular formula is C18H14ClN5O. The second-order valence-electron chi connectivity index (χ2n) is 5.34. The maximum Gasteiger partial charge on any atom is 0.273 e. The normalized spacial score (nSPS) is 10.3. The van der Waals surface area contributed by atoms with Gasteiger partial charge in [-0.15, -0.1) is 0 Å². The lowest BCUT2D eigenvalue weighted by atomic mass is 9.96. The molecule has 0 spiro atoms. The molecular weight excluding hydrogens is 338 g/mol. The number of anilines is 1. The summed E-state index contributed by atoms with van der Waals surface area (Å²) in [6, 6.07) is 16.7. The number of nitrogens with zero attached hydrogens (tertiary/aromatic N) is 3. The predicted molar refractivity (Wildman–Crippen MR) is 97.9 cm³/mol. The number of nitrogen functional groups attached to an aromatic ring is 1. The Balaban J connectivity index is 2.37. The van der Waals surface area contributed by atoms with Crippen LogP contribution in [-0.4, -0.2) is 9.55 Å². The smallest absolute Gasteiger partial charge is 0.273 e. The van der Waals surface area contributed by atoms with E-state index in [1.54, 1.807) is 18.2 Å². The molecule has 0 unspecified atom stereocenters. The fraction of sp³-hybridized carbons (Fsp3) is 0.0556. The molecule has 3 rings (SSSR count). The molecule has 6 nitrogen and oxygen atoms in total. The lowest BCUT2D eigenvalue weighted by Gasteiger charge is -2.14. The summed E-state index contributed by atoms with van der Waals surface area (Å²) in [7, 11) is 1.50. The number of hydrogen-bond acceptors (Lipinski definition) is 5. The van der Waals surface area contributed by atoms with Crippen LogP contribution >= 0.6 is 11.6 Å². The van der Waals surface area contributed by atoms with Crippen molar-refractivity contribution in [2.45, 2.75) is 0 Å². The van der Waals surface area contributed by atoms with Crippen LogP contribution in [0, 0.1) is 11.3 Å². The Morgan fingerprint density at radius 3 is 2.56 bits per heavy atom. The Morgan fingerprint density at radius 2 is 1.92 bits per heavy atom. The topological polar surface area (TPSA) is 96.7 Å². The monoisotopic (exact) mass is 351 g/mol. The highest BCUT2D eigenvalue weighted by molar-refractivity contribution is 6.31. The molecule has 0 amide bonds. The number of nitrogens with one attached hydrogen (secondary N) is 1. The highest BCUT2D eigenvalue weighted by Gasteiger charge is 2.19. The summed E-state index contributed by atoms with van der Waals surface area (Å²) >= 11 is 6.16. The van der Waals surface area contributed by atoms with Crippen LogP contribution in [-0.2, 0) is 7.05 Å². The molecule has 0 saturated heterocycles. The fourth-order valence-corrected chi connectivity index (χ4v) is 2.78. The van der Waals surface area contributed by atoms with Crippen LogP contribution in [0.25, 0.3) is 22.4 Å². The van der Waals surface area contributed by atoms with E-state index in [0.717, 1.165) is 11.1 Å². The van der Waals surface area contributed by atoms with Gasteiger partial charge in [-0.1, -0.05) is 48.0 Å². The molecule has 25 heavy (non-hydrogen) atoms. The largest absolute Gasteiger partial charge is 0.294 e. The molecule has 0 radical (unpaired) electrons. The minimum absolute atomic E-state index is 0.0546. The summed E-state index contributed by atoms with van der Waals surface area (Å²) < 4.78 is 1.19. The number of hydrazine groups is 1. The summed E-state index contributed by atoms with van der Waals surface area (Å²) in [6.45, 7) is 0. The first-order valence-corrected chi connectivity index (χ1v) is 7.77. The van der Waals surface area contributed by atoms with Gasteiger partial charge < -0.3 is 0 Å². The summed E-state index contributed by atoms with van der Waals surface area (Å²) in [5, 5.41) is 10.0. The molecule has 3 N–H and O–H groups in total. The molecule has 124 valence electrons. The predicted octanol–water partition coefficient (Wildman–Crippen LogP) is 2.92. The molecule has 0 aliphatic heterocycles. The van der Waals surface area contributed by atoms with Gasteiger partial charge in [-0.05, 0) is 23.3 Å². The van der Waals surface area contributed by atoms with Crippen LogP contribution in [0.3, 0.4) is 0 Å². The van der Waals surface area contributed by atoms with Crippen molar-refractivity contribution >= 4 is 17.5 Å². The minimum atomic E-state index is -0.477. The van der Waals surface area contributed by atoms with E-state index in [1.165, 1.54) is 11.6 Å². The Hall–Kier alpha value is -3.14. The highest BCUT2D eigenvalue weighted by Crippen LogP contribution is 2.34. The minimum Gasteiger partial charge on any atom is -0.294 e. The van der Waals surface area contributed by atoms with Crippen LogP contribution in [0.5, 0.6) is 0 Å². The van der Waals surface area contributed by atoms with E-state index < -0.39 is 5.56 Å². The number of benzene rings is 2. The van der Waals surface area contributed by atoms with Crippen LogP contribution < -0.4 is 16.8 Å². The van der Waals surface area contributed by atoms with Crippen molar-refractivity contribution in [1.29, 1.82) is 5.26 Å². The summed E-state index contributed by atoms with van der Waals surface area (Å²) in [5.41, 5.74) is 4.41. The van der Waals surface area contributed by atoms with Gasteiger partial charge in [-0.2, -0.15) is 5.26 Å². The first-order valence-electron chi connectivity index (χ1n) is 7.40. The second kappa shape index (κ2) is 6.77. The van der Waals surface area contributed by atoms with E-state index in [1.807, 2.05) is 36.4 Å². The summed E-state index contributed by atoms with van der Waals surface area (Å²) in [4.78, 5) is 16.8. The van der Waals surface area contributed by atoms with Crippen molar-refractivity contribution in [2.75, 3.05) is 5.43 Å². The van der Waals surface area contributed by atoms with E-state index >= 15 is 0 Å². The molecule has 0 aliphatic carbocycles. The third-order valence-corrected chi connectivity index (χ3v) is 4.09. The molecule has 2 aromatic carbocycles. The summed E-state index contributed by atoms with van der Waals surface area (Å²) in [5.74, 6) is 5.62. The Kier molecular flexibility index (Phi) is 4.52. The number of rotatable bonds is 3. The van der Waals surface area contributed by atoms with Crippen molar-refractivity contribution in [3.8, 4) is 28.5 Å². The number of aromatic nitrogens is 2. The van der Waals surface area contributed by atoms with E-state index in [4.69, 9.17) is 17.4 Å². The van der Waals surface area contributed by atoms with Gasteiger partial charge in [0, 0.05) is 17.6 Å². The van der Waals surface area contributed by atoms with E-state index in [2.05, 4.69) is 10.4 Å². The Bertz CT molecular complexity index is 1040. The molecule has 0 atom stereocenters. The Labute approximate surface area is 149 Å². The van der Waals surface area contributed by atoms with Gasteiger partial charge in [0.25, 0.3) is 5.56 Å². The van der Waals surface area contributed by atoms with Crippen molar-refractivity contribution in [3.05, 3.63) is 69.5 Å². The van der Waals surface area contributed by atoms with Crippen LogP contribution in [0.15, 0.2) is 53.3 Å². The van der Waals surface area contributed by atoms with Crippen molar-refractivity contribution in [1.82, 2.24) is 9.55 Å². The van der Waals surface area contributed by atoms with Crippen molar-refractivity contribution < 1.29 is 0 Å². The van der Waals surface area contributed by atoms with Crippen LogP contribution in [0.4, 0.5) is 5.95 Å². The lowest BCUT2D eigenvalue weighted by molar-refractivity contribution is 0.825. The zero-order valence-electron chi connectivity index (χ0n) is 13.3. The molecule has 0 fully saturated rings. The average molecular weight is 352 g/mol. The average Bonchev–Trinajstić information content (AvgIpc) is 2.64. The van der Waals surface area contributed by atoms with Gasteiger partial charge in [0.15, 0.2) is 0 Å². The standard InChI is InChI=1S/C18H14ClN5O/c1-24-17(25)15(10-20)16(22-18(24)23-21)13-8-7-12(19)9-14(13)11-5-3-2-4-6-11/h2-9H,21H2,1H3,(H,22,23). The van der Waals surface area contributed by atoms with Gasteiger partial charge >= 0.3 is 0 Å². The maximum atomic E-state index is 12.5. The van der Waals surface area contributed by atoms with E-state index in [-0.39, 0.29) is 17.2 Å². The SMILES string of the molecule is Cn1c(NN)nc(-c2ccc(Cl)cc2-c2ccccc2)c(C#N)c1=O. The van der Waals surface area contributed by atoms with Crippen LogP contribution in [0.2, 0.25) is 5.02 Å². The van der Waals surface area contributed by atoms with Crippen molar-refractivity contribution in [3.63, 3.8) is 0 Å². The molecule has 0 bridgehead atoms. The first kappa shape index (κ1) is 16.7. The Morgan fingerprint density at radius 1 is 1.20 bits per heavy atom. The third kappa shape index (κ3) is 2.98. The molecule has 0 aliphatic rings. The highest BCUT2D eigenvalue weighted by atomic mass is 35.5. The van der Waals surface area contributed by atoms with Gasteiger partial charge in [0.05, 0.1) is 5.69 Å². The third-order valence-electron chi connectivity index (χ3n) is 3.85. The first-order chi connectivity index (χ1) is 12.1. The van der Waals surface area contributed by atoms with Crippen molar-refractivity contribution in [2.24, 2.45) is 12.9 Å². The molecule has 3 aromatic rings. The second-order valence-corrected chi connectivity index (χ2v) is 5.77. The number of nitriles is 1. The summed E-state index contributed by atoms with van der Waals surface area (Å²) in [6.07, 6.45) is 0. The van der Waals surface area contributed by atoms with Crippen LogP contribution in [0.1, 0.15) is 5.56 Å². The van der Waals surface area contributed by atoms with Gasteiger partial charge in [-0.25, -0.2) is 10.8 Å². The van der Waals surface area contributed by atoms with Gasteiger partial charge in [0.2, 0.25) is 5.95 Å². The van der Waals surface area contributed by atoms with Gasteiger partial charge in [0.1, 0.15) is 11.6 Å². The fourth-order valence-electron chi connectivity index (χ4n) is 2.61. The quantitative estimate of drug-likeness (QED) is 0.558. The van der Waals surface area contributed by atoms with E-state index in [0.29, 0.717) is 10.6 Å². The lowest BCUT2D eigenvalue weighted by Crippen LogP contribution is -2.27. The van der Waals surface area contributed by atoms with E-state index in [9.17, 15) is 10.1 Å². The molecule has 1 aromatic heterocycles. The van der Waals surface area contributed by atoms with Gasteiger partial charge in [-0.3, -0.25) is 14.8 Å². The molecule has 7 heteroatoms. The zero-order valence-corrected chi connectivity index (χ0v) is 14.1.